The normalized spacial score (nSPS) is 10.7. The molecule has 15 heavy (non-hydrogen) atoms. The Labute approximate surface area is 94.3 Å². The standard InChI is InChI=1S/C10H16ClN3O/c1-8(2)14-7-6-13-9(10(14)15)12-5-3-4-11/h6-8H,3-5H2,1-2H3,(H,12,13). The van der Waals surface area contributed by atoms with Gasteiger partial charge in [0.25, 0.3) is 5.56 Å². The zero-order chi connectivity index (χ0) is 11.3. The molecular weight excluding hydrogens is 214 g/mol. The van der Waals surface area contributed by atoms with Crippen LogP contribution in [0.25, 0.3) is 0 Å². The van der Waals surface area contributed by atoms with E-state index in [9.17, 15) is 4.79 Å². The lowest BCUT2D eigenvalue weighted by molar-refractivity contribution is 0.575. The van der Waals surface area contributed by atoms with Gasteiger partial charge < -0.3 is 9.88 Å². The number of halogens is 1. The lowest BCUT2D eigenvalue weighted by atomic mass is 10.4. The number of hydrogen-bond donors (Lipinski definition) is 1. The van der Waals surface area contributed by atoms with Crippen LogP contribution in [0.2, 0.25) is 0 Å². The highest BCUT2D eigenvalue weighted by Gasteiger charge is 2.05. The van der Waals surface area contributed by atoms with Crippen molar-refractivity contribution in [3.63, 3.8) is 0 Å². The molecule has 1 heterocycles. The molecule has 1 rings (SSSR count). The fourth-order valence-electron chi connectivity index (χ4n) is 1.23. The molecule has 1 aromatic heterocycles. The van der Waals surface area contributed by atoms with Gasteiger partial charge in [0, 0.05) is 30.9 Å². The number of nitrogens with one attached hydrogen (secondary N) is 1. The monoisotopic (exact) mass is 229 g/mol. The average molecular weight is 230 g/mol. The Bertz CT molecular complexity index is 362. The predicted molar refractivity (Wildman–Crippen MR) is 62.7 cm³/mol. The van der Waals surface area contributed by atoms with Gasteiger partial charge in [-0.2, -0.15) is 0 Å². The Hall–Kier alpha value is -1.03. The SMILES string of the molecule is CC(C)n1ccnc(NCCCCl)c1=O. The van der Waals surface area contributed by atoms with Gasteiger partial charge in [0.15, 0.2) is 5.82 Å². The van der Waals surface area contributed by atoms with Crippen LogP contribution in [-0.4, -0.2) is 22.0 Å². The van der Waals surface area contributed by atoms with Gasteiger partial charge >= 0.3 is 0 Å². The summed E-state index contributed by atoms with van der Waals surface area (Å²) in [6.07, 6.45) is 4.14. The quantitative estimate of drug-likeness (QED) is 0.619. The summed E-state index contributed by atoms with van der Waals surface area (Å²) in [7, 11) is 0. The fourth-order valence-corrected chi connectivity index (χ4v) is 1.36. The van der Waals surface area contributed by atoms with Gasteiger partial charge in [0.1, 0.15) is 0 Å². The van der Waals surface area contributed by atoms with E-state index in [4.69, 9.17) is 11.6 Å². The number of aromatic nitrogens is 2. The summed E-state index contributed by atoms with van der Waals surface area (Å²) in [5.74, 6) is 0.981. The van der Waals surface area contributed by atoms with Gasteiger partial charge in [0.2, 0.25) is 0 Å². The molecule has 0 spiro atoms. The van der Waals surface area contributed by atoms with E-state index in [1.54, 1.807) is 17.0 Å². The lowest BCUT2D eigenvalue weighted by Gasteiger charge is -2.11. The van der Waals surface area contributed by atoms with Crippen LogP contribution in [0.4, 0.5) is 5.82 Å². The summed E-state index contributed by atoms with van der Waals surface area (Å²) >= 11 is 5.55. The van der Waals surface area contributed by atoms with Crippen molar-refractivity contribution in [1.29, 1.82) is 0 Å². The van der Waals surface area contributed by atoms with Crippen LogP contribution in [0.1, 0.15) is 26.3 Å². The maximum atomic E-state index is 11.8. The van der Waals surface area contributed by atoms with E-state index < -0.39 is 0 Å². The molecule has 0 saturated heterocycles. The van der Waals surface area contributed by atoms with Gasteiger partial charge in [-0.1, -0.05) is 0 Å². The number of hydrogen-bond acceptors (Lipinski definition) is 3. The van der Waals surface area contributed by atoms with Gasteiger partial charge in [-0.15, -0.1) is 11.6 Å². The van der Waals surface area contributed by atoms with Crippen LogP contribution in [-0.2, 0) is 0 Å². The van der Waals surface area contributed by atoms with Gasteiger partial charge in [-0.25, -0.2) is 4.98 Å². The van der Waals surface area contributed by atoms with Gasteiger partial charge in [-0.05, 0) is 20.3 Å². The highest BCUT2D eigenvalue weighted by Crippen LogP contribution is 2.01. The minimum absolute atomic E-state index is 0.0814. The topological polar surface area (TPSA) is 46.9 Å². The first kappa shape index (κ1) is 12.0. The third kappa shape index (κ3) is 3.23. The van der Waals surface area contributed by atoms with E-state index in [0.717, 1.165) is 6.42 Å². The second-order valence-electron chi connectivity index (χ2n) is 3.55. The van der Waals surface area contributed by atoms with E-state index in [0.29, 0.717) is 18.2 Å². The summed E-state index contributed by atoms with van der Waals surface area (Å²) in [5.41, 5.74) is -0.0814. The average Bonchev–Trinajstić information content (AvgIpc) is 2.20. The summed E-state index contributed by atoms with van der Waals surface area (Å²) in [6.45, 7) is 4.60. The van der Waals surface area contributed by atoms with Gasteiger partial charge in [0.05, 0.1) is 0 Å². The lowest BCUT2D eigenvalue weighted by Crippen LogP contribution is -2.25. The largest absolute Gasteiger partial charge is 0.365 e. The van der Waals surface area contributed by atoms with Crippen LogP contribution in [0.15, 0.2) is 17.2 Å². The van der Waals surface area contributed by atoms with Crippen molar-refractivity contribution in [2.24, 2.45) is 0 Å². The molecule has 0 aliphatic carbocycles. The van der Waals surface area contributed by atoms with E-state index in [2.05, 4.69) is 10.3 Å². The molecular formula is C10H16ClN3O. The summed E-state index contributed by atoms with van der Waals surface area (Å²) in [6, 6.07) is 0.147. The maximum absolute atomic E-state index is 11.8. The van der Waals surface area contributed by atoms with Crippen LogP contribution >= 0.6 is 11.6 Å². The molecule has 0 aliphatic rings. The van der Waals surface area contributed by atoms with Crippen LogP contribution in [0.5, 0.6) is 0 Å². The number of nitrogens with zero attached hydrogens (tertiary/aromatic N) is 2. The first-order valence-corrected chi connectivity index (χ1v) is 5.57. The molecule has 0 fully saturated rings. The Kier molecular flexibility index (Phi) is 4.62. The highest BCUT2D eigenvalue weighted by atomic mass is 35.5. The van der Waals surface area contributed by atoms with Crippen molar-refractivity contribution < 1.29 is 0 Å². The Balaban J connectivity index is 2.81. The summed E-state index contributed by atoms with van der Waals surface area (Å²) < 4.78 is 1.65. The van der Waals surface area contributed by atoms with Crippen molar-refractivity contribution in [3.05, 3.63) is 22.7 Å². The zero-order valence-corrected chi connectivity index (χ0v) is 9.79. The van der Waals surface area contributed by atoms with Crippen LogP contribution in [0, 0.1) is 0 Å². The van der Waals surface area contributed by atoms with Gasteiger partial charge in [-0.3, -0.25) is 4.79 Å². The van der Waals surface area contributed by atoms with Crippen LogP contribution in [0.3, 0.4) is 0 Å². The molecule has 1 N–H and O–H groups in total. The first-order chi connectivity index (χ1) is 7.16. The molecule has 0 unspecified atom stereocenters. The minimum atomic E-state index is -0.0814. The highest BCUT2D eigenvalue weighted by molar-refractivity contribution is 6.17. The third-order valence-electron chi connectivity index (χ3n) is 2.03. The molecule has 0 bridgehead atoms. The van der Waals surface area contributed by atoms with Crippen molar-refractivity contribution in [3.8, 4) is 0 Å². The molecule has 0 aromatic carbocycles. The Morgan fingerprint density at radius 2 is 2.33 bits per heavy atom. The maximum Gasteiger partial charge on any atom is 0.293 e. The second kappa shape index (κ2) is 5.75. The smallest absolute Gasteiger partial charge is 0.293 e. The molecule has 84 valence electrons. The minimum Gasteiger partial charge on any atom is -0.365 e. The molecule has 5 heteroatoms. The van der Waals surface area contributed by atoms with Crippen molar-refractivity contribution in [1.82, 2.24) is 9.55 Å². The molecule has 4 nitrogen and oxygen atoms in total. The van der Waals surface area contributed by atoms with E-state index in [1.165, 1.54) is 0 Å². The van der Waals surface area contributed by atoms with Crippen LogP contribution < -0.4 is 10.9 Å². The van der Waals surface area contributed by atoms with Crippen molar-refractivity contribution in [2.45, 2.75) is 26.3 Å². The third-order valence-corrected chi connectivity index (χ3v) is 2.29. The summed E-state index contributed by atoms with van der Waals surface area (Å²) in [4.78, 5) is 15.8. The number of anilines is 1. The zero-order valence-electron chi connectivity index (χ0n) is 9.03. The molecule has 0 aliphatic heterocycles. The van der Waals surface area contributed by atoms with E-state index >= 15 is 0 Å². The Morgan fingerprint density at radius 3 is 2.93 bits per heavy atom. The molecule has 1 aromatic rings. The molecule has 0 amide bonds. The van der Waals surface area contributed by atoms with Crippen molar-refractivity contribution in [2.75, 3.05) is 17.7 Å². The first-order valence-electron chi connectivity index (χ1n) is 5.03. The molecule has 0 radical (unpaired) electrons. The number of alkyl halides is 1. The molecule has 0 saturated carbocycles. The van der Waals surface area contributed by atoms with E-state index in [-0.39, 0.29) is 11.6 Å². The summed E-state index contributed by atoms with van der Waals surface area (Å²) in [5, 5.41) is 2.98. The van der Waals surface area contributed by atoms with Crippen molar-refractivity contribution >= 4 is 17.4 Å². The molecule has 0 atom stereocenters. The predicted octanol–water partition coefficient (Wildman–Crippen LogP) is 1.86. The number of rotatable bonds is 5. The fraction of sp³-hybridized carbons (Fsp3) is 0.600. The van der Waals surface area contributed by atoms with E-state index in [1.807, 2.05) is 13.8 Å². The Morgan fingerprint density at radius 1 is 1.60 bits per heavy atom. The second-order valence-corrected chi connectivity index (χ2v) is 3.93.